The molecular weight excluding hydrogens is 242 g/mol. The maximum absolute atomic E-state index is 11.5. The van der Waals surface area contributed by atoms with Gasteiger partial charge in [-0.1, -0.05) is 19.8 Å². The third-order valence-corrected chi connectivity index (χ3v) is 3.76. The van der Waals surface area contributed by atoms with Crippen LogP contribution in [-0.4, -0.2) is 24.2 Å². The van der Waals surface area contributed by atoms with Crippen LogP contribution in [0.15, 0.2) is 18.3 Å². The van der Waals surface area contributed by atoms with Crippen molar-refractivity contribution in [3.05, 3.63) is 23.9 Å². The Kier molecular flexibility index (Phi) is 4.77. The minimum atomic E-state index is -0.359. The fraction of sp³-hybridized carbons (Fsp3) is 0.600. The second-order valence-corrected chi connectivity index (χ2v) is 5.06. The lowest BCUT2D eigenvalue weighted by Crippen LogP contribution is -2.25. The van der Waals surface area contributed by atoms with Gasteiger partial charge >= 0.3 is 5.97 Å². The molecule has 4 heteroatoms. The lowest BCUT2D eigenvalue weighted by atomic mass is 9.85. The molecule has 4 nitrogen and oxygen atoms in total. The molecule has 2 rings (SSSR count). The number of hydrogen-bond donors (Lipinski definition) is 0. The summed E-state index contributed by atoms with van der Waals surface area (Å²) in [6.45, 7) is 2.23. The zero-order chi connectivity index (χ0) is 13.7. The Balaban J connectivity index is 2.00. The van der Waals surface area contributed by atoms with Crippen molar-refractivity contribution >= 4 is 5.97 Å². The van der Waals surface area contributed by atoms with Gasteiger partial charge in [0.2, 0.25) is 5.88 Å². The summed E-state index contributed by atoms with van der Waals surface area (Å²) >= 11 is 0. The zero-order valence-electron chi connectivity index (χ0n) is 11.6. The van der Waals surface area contributed by atoms with Crippen LogP contribution in [0.5, 0.6) is 5.88 Å². The minimum Gasteiger partial charge on any atom is -0.474 e. The van der Waals surface area contributed by atoms with Gasteiger partial charge in [-0.3, -0.25) is 0 Å². The Morgan fingerprint density at radius 3 is 3.05 bits per heavy atom. The van der Waals surface area contributed by atoms with Crippen LogP contribution in [0.1, 0.15) is 49.4 Å². The fourth-order valence-corrected chi connectivity index (χ4v) is 2.61. The molecule has 1 aromatic heterocycles. The number of carbonyl (C=O) groups excluding carboxylic acids is 1. The summed E-state index contributed by atoms with van der Waals surface area (Å²) in [5.41, 5.74) is 0.482. The highest BCUT2D eigenvalue weighted by molar-refractivity contribution is 5.89. The predicted molar refractivity (Wildman–Crippen MR) is 72.2 cm³/mol. The number of pyridine rings is 1. The maximum Gasteiger partial charge on any atom is 0.338 e. The molecule has 1 aliphatic rings. The van der Waals surface area contributed by atoms with E-state index in [4.69, 9.17) is 9.47 Å². The number of methoxy groups -OCH3 is 1. The number of ether oxygens (including phenoxy) is 2. The first-order chi connectivity index (χ1) is 9.22. The summed E-state index contributed by atoms with van der Waals surface area (Å²) in [7, 11) is 1.37. The van der Waals surface area contributed by atoms with Crippen LogP contribution in [-0.2, 0) is 4.74 Å². The van der Waals surface area contributed by atoms with E-state index in [1.807, 2.05) is 0 Å². The van der Waals surface area contributed by atoms with E-state index in [1.165, 1.54) is 26.4 Å². The molecule has 0 radical (unpaired) electrons. The third-order valence-electron chi connectivity index (χ3n) is 3.76. The van der Waals surface area contributed by atoms with E-state index in [0.717, 1.165) is 18.8 Å². The Labute approximate surface area is 114 Å². The van der Waals surface area contributed by atoms with Gasteiger partial charge in [0.25, 0.3) is 0 Å². The van der Waals surface area contributed by atoms with E-state index in [1.54, 1.807) is 18.3 Å². The van der Waals surface area contributed by atoms with Gasteiger partial charge < -0.3 is 9.47 Å². The van der Waals surface area contributed by atoms with E-state index in [-0.39, 0.29) is 12.1 Å². The van der Waals surface area contributed by atoms with Crippen molar-refractivity contribution in [1.82, 2.24) is 4.98 Å². The van der Waals surface area contributed by atoms with Gasteiger partial charge in [-0.25, -0.2) is 9.78 Å². The maximum atomic E-state index is 11.5. The van der Waals surface area contributed by atoms with E-state index in [9.17, 15) is 4.79 Å². The van der Waals surface area contributed by atoms with E-state index < -0.39 is 0 Å². The first-order valence-corrected chi connectivity index (χ1v) is 6.94. The van der Waals surface area contributed by atoms with Gasteiger partial charge in [0.05, 0.1) is 12.7 Å². The number of esters is 1. The van der Waals surface area contributed by atoms with Crippen molar-refractivity contribution in [1.29, 1.82) is 0 Å². The van der Waals surface area contributed by atoms with Gasteiger partial charge in [0, 0.05) is 12.3 Å². The fourth-order valence-electron chi connectivity index (χ4n) is 2.61. The van der Waals surface area contributed by atoms with Crippen LogP contribution in [0.4, 0.5) is 0 Å². The Morgan fingerprint density at radius 2 is 2.32 bits per heavy atom. The molecular formula is C15H21NO3. The first-order valence-electron chi connectivity index (χ1n) is 6.94. The number of carbonyl (C=O) groups is 1. The third kappa shape index (κ3) is 3.69. The summed E-state index contributed by atoms with van der Waals surface area (Å²) in [6, 6.07) is 3.29. The summed E-state index contributed by atoms with van der Waals surface area (Å²) in [6.07, 6.45) is 7.67. The van der Waals surface area contributed by atoms with E-state index >= 15 is 0 Å². The largest absolute Gasteiger partial charge is 0.474 e. The van der Waals surface area contributed by atoms with Gasteiger partial charge in [0.1, 0.15) is 6.10 Å². The highest BCUT2D eigenvalue weighted by Gasteiger charge is 2.22. The average Bonchev–Trinajstić information content (AvgIpc) is 2.47. The van der Waals surface area contributed by atoms with Crippen LogP contribution in [0, 0.1) is 5.92 Å². The first kappa shape index (κ1) is 13.8. The quantitative estimate of drug-likeness (QED) is 0.783. The van der Waals surface area contributed by atoms with Crippen molar-refractivity contribution < 1.29 is 14.3 Å². The van der Waals surface area contributed by atoms with Gasteiger partial charge in [-0.05, 0) is 31.2 Å². The molecule has 2 atom stereocenters. The SMILES string of the molecule is CCC1CCCC(Oc2cc(C(=O)OC)ccn2)C1. The summed E-state index contributed by atoms with van der Waals surface area (Å²) in [4.78, 5) is 15.6. The normalized spacial score (nSPS) is 22.8. The average molecular weight is 263 g/mol. The molecule has 19 heavy (non-hydrogen) atoms. The van der Waals surface area contributed by atoms with Crippen LogP contribution < -0.4 is 4.74 Å². The number of nitrogens with zero attached hydrogens (tertiary/aromatic N) is 1. The van der Waals surface area contributed by atoms with Crippen molar-refractivity contribution in [2.75, 3.05) is 7.11 Å². The summed E-state index contributed by atoms with van der Waals surface area (Å²) < 4.78 is 10.6. The molecule has 0 bridgehead atoms. The van der Waals surface area contributed by atoms with Crippen molar-refractivity contribution in [3.63, 3.8) is 0 Å². The van der Waals surface area contributed by atoms with Crippen molar-refractivity contribution in [2.45, 2.75) is 45.1 Å². The van der Waals surface area contributed by atoms with Gasteiger partial charge in [-0.2, -0.15) is 0 Å². The van der Waals surface area contributed by atoms with Crippen molar-refractivity contribution in [3.8, 4) is 5.88 Å². The molecule has 0 amide bonds. The Morgan fingerprint density at radius 1 is 1.47 bits per heavy atom. The second kappa shape index (κ2) is 6.55. The highest BCUT2D eigenvalue weighted by Crippen LogP contribution is 2.29. The molecule has 0 aromatic carbocycles. The van der Waals surface area contributed by atoms with Crippen LogP contribution in [0.25, 0.3) is 0 Å². The van der Waals surface area contributed by atoms with E-state index in [2.05, 4.69) is 11.9 Å². The molecule has 0 aliphatic heterocycles. The van der Waals surface area contributed by atoms with Crippen molar-refractivity contribution in [2.24, 2.45) is 5.92 Å². The molecule has 2 unspecified atom stereocenters. The molecule has 0 spiro atoms. The van der Waals surface area contributed by atoms with Crippen LogP contribution in [0.2, 0.25) is 0 Å². The molecule has 1 aliphatic carbocycles. The molecule has 1 saturated carbocycles. The second-order valence-electron chi connectivity index (χ2n) is 5.06. The zero-order valence-corrected chi connectivity index (χ0v) is 11.6. The molecule has 0 N–H and O–H groups in total. The monoisotopic (exact) mass is 263 g/mol. The molecule has 0 saturated heterocycles. The molecule has 1 aromatic rings. The number of aromatic nitrogens is 1. The lowest BCUT2D eigenvalue weighted by Gasteiger charge is -2.28. The number of hydrogen-bond acceptors (Lipinski definition) is 4. The lowest BCUT2D eigenvalue weighted by molar-refractivity contribution is 0.0598. The van der Waals surface area contributed by atoms with Crippen LogP contribution in [0.3, 0.4) is 0 Å². The number of rotatable bonds is 4. The Bertz CT molecular complexity index is 433. The smallest absolute Gasteiger partial charge is 0.338 e. The molecule has 1 fully saturated rings. The topological polar surface area (TPSA) is 48.4 Å². The molecule has 1 heterocycles. The van der Waals surface area contributed by atoms with Gasteiger partial charge in [0.15, 0.2) is 0 Å². The van der Waals surface area contributed by atoms with Crippen LogP contribution >= 0.6 is 0 Å². The summed E-state index contributed by atoms with van der Waals surface area (Å²) in [5, 5.41) is 0. The highest BCUT2D eigenvalue weighted by atomic mass is 16.5. The standard InChI is InChI=1S/C15H21NO3/c1-3-11-5-4-6-13(9-11)19-14-10-12(7-8-16-14)15(17)18-2/h7-8,10-11,13H,3-6,9H2,1-2H3. The predicted octanol–water partition coefficient (Wildman–Crippen LogP) is 3.22. The van der Waals surface area contributed by atoms with E-state index in [0.29, 0.717) is 11.4 Å². The minimum absolute atomic E-state index is 0.221. The Hall–Kier alpha value is -1.58. The molecule has 104 valence electrons. The van der Waals surface area contributed by atoms with Gasteiger partial charge in [-0.15, -0.1) is 0 Å². The summed E-state index contributed by atoms with van der Waals surface area (Å²) in [5.74, 6) is 0.912.